The van der Waals surface area contributed by atoms with Crippen LogP contribution < -0.4 is 0 Å². The van der Waals surface area contributed by atoms with Crippen molar-refractivity contribution in [1.29, 1.82) is 0 Å². The highest BCUT2D eigenvalue weighted by Crippen LogP contribution is 1.97. The van der Waals surface area contributed by atoms with E-state index < -0.39 is 0 Å². The molecule has 0 fully saturated rings. The van der Waals surface area contributed by atoms with Crippen molar-refractivity contribution in [2.75, 3.05) is 0 Å². The zero-order valence-corrected chi connectivity index (χ0v) is 9.10. The Bertz CT molecular complexity index is 166. The maximum atomic E-state index is 3.16. The molecule has 0 aromatic rings. The summed E-state index contributed by atoms with van der Waals surface area (Å²) in [4.78, 5) is 0. The molecule has 0 aromatic carbocycles. The SMILES string of the molecule is CCCC/C=C/C#CCCCCC. The lowest BCUT2D eigenvalue weighted by molar-refractivity contribution is 0.737. The first-order chi connectivity index (χ1) is 6.41. The molecule has 0 spiro atoms. The standard InChI is InChI=1S/C13H22/c1-3-5-7-9-11-13-12-10-8-6-4-2/h9,11H,3-8,10H2,1-2H3/b11-9+. The first-order valence-electron chi connectivity index (χ1n) is 5.55. The smallest absolute Gasteiger partial charge is 0.00922 e. The molecule has 0 saturated heterocycles. The molecule has 0 aliphatic rings. The second-order valence-corrected chi connectivity index (χ2v) is 3.32. The fourth-order valence-electron chi connectivity index (χ4n) is 1.06. The molecule has 0 heterocycles. The molecule has 0 bridgehead atoms. The number of unbranched alkanes of at least 4 members (excludes halogenated alkanes) is 5. The van der Waals surface area contributed by atoms with E-state index in [1.165, 1.54) is 38.5 Å². The fraction of sp³-hybridized carbons (Fsp3) is 0.692. The van der Waals surface area contributed by atoms with Crippen molar-refractivity contribution < 1.29 is 0 Å². The van der Waals surface area contributed by atoms with Gasteiger partial charge in [0.25, 0.3) is 0 Å². The van der Waals surface area contributed by atoms with E-state index in [-0.39, 0.29) is 0 Å². The topological polar surface area (TPSA) is 0 Å². The molecule has 74 valence electrons. The Balaban J connectivity index is 3.22. The highest BCUT2D eigenvalue weighted by molar-refractivity contribution is 5.14. The van der Waals surface area contributed by atoms with Gasteiger partial charge in [-0.15, -0.1) is 0 Å². The molecule has 0 radical (unpaired) electrons. The van der Waals surface area contributed by atoms with Crippen LogP contribution in [-0.2, 0) is 0 Å². The van der Waals surface area contributed by atoms with Gasteiger partial charge in [0.15, 0.2) is 0 Å². The molecule has 0 N–H and O–H groups in total. The summed E-state index contributed by atoms with van der Waals surface area (Å²) in [5.74, 6) is 6.23. The summed E-state index contributed by atoms with van der Waals surface area (Å²) in [6, 6.07) is 0. The molecule has 0 rings (SSSR count). The average Bonchev–Trinajstić information content (AvgIpc) is 2.16. The minimum Gasteiger partial charge on any atom is -0.0985 e. The van der Waals surface area contributed by atoms with Crippen molar-refractivity contribution in [3.05, 3.63) is 12.2 Å². The Hall–Kier alpha value is -0.700. The van der Waals surface area contributed by atoms with Crippen molar-refractivity contribution in [2.45, 2.75) is 58.8 Å². The third-order valence-corrected chi connectivity index (χ3v) is 1.93. The fourth-order valence-corrected chi connectivity index (χ4v) is 1.06. The zero-order chi connectivity index (χ0) is 9.78. The van der Waals surface area contributed by atoms with Crippen LogP contribution in [0, 0.1) is 11.8 Å². The molecule has 0 unspecified atom stereocenters. The maximum Gasteiger partial charge on any atom is 0.00922 e. The van der Waals surface area contributed by atoms with Crippen LogP contribution in [0.2, 0.25) is 0 Å². The molecule has 0 heteroatoms. The van der Waals surface area contributed by atoms with Gasteiger partial charge in [0.2, 0.25) is 0 Å². The second-order valence-electron chi connectivity index (χ2n) is 3.32. The van der Waals surface area contributed by atoms with Gasteiger partial charge < -0.3 is 0 Å². The quantitative estimate of drug-likeness (QED) is 0.420. The van der Waals surface area contributed by atoms with Gasteiger partial charge in [-0.3, -0.25) is 0 Å². The second kappa shape index (κ2) is 11.3. The normalized spacial score (nSPS) is 10.0. The number of hydrogen-bond acceptors (Lipinski definition) is 0. The molecule has 0 saturated carbocycles. The number of rotatable bonds is 6. The van der Waals surface area contributed by atoms with Gasteiger partial charge in [0, 0.05) is 6.42 Å². The minimum absolute atomic E-state index is 1.06. The zero-order valence-electron chi connectivity index (χ0n) is 9.10. The van der Waals surface area contributed by atoms with Crippen LogP contribution in [0.3, 0.4) is 0 Å². The van der Waals surface area contributed by atoms with E-state index in [4.69, 9.17) is 0 Å². The van der Waals surface area contributed by atoms with Crippen LogP contribution in [0.5, 0.6) is 0 Å². The predicted molar refractivity (Wildman–Crippen MR) is 60.6 cm³/mol. The van der Waals surface area contributed by atoms with Crippen LogP contribution in [0.1, 0.15) is 58.8 Å². The van der Waals surface area contributed by atoms with Crippen molar-refractivity contribution in [2.24, 2.45) is 0 Å². The van der Waals surface area contributed by atoms with Gasteiger partial charge in [0.1, 0.15) is 0 Å². The van der Waals surface area contributed by atoms with E-state index in [2.05, 4.69) is 31.8 Å². The monoisotopic (exact) mass is 178 g/mol. The van der Waals surface area contributed by atoms with E-state index in [0.717, 1.165) is 6.42 Å². The van der Waals surface area contributed by atoms with Crippen molar-refractivity contribution in [3.63, 3.8) is 0 Å². The van der Waals surface area contributed by atoms with Gasteiger partial charge in [-0.25, -0.2) is 0 Å². The van der Waals surface area contributed by atoms with Gasteiger partial charge in [-0.1, -0.05) is 57.4 Å². The third kappa shape index (κ3) is 11.3. The summed E-state index contributed by atoms with van der Waals surface area (Å²) in [6.45, 7) is 4.43. The Morgan fingerprint density at radius 1 is 1.00 bits per heavy atom. The van der Waals surface area contributed by atoms with Crippen LogP contribution >= 0.6 is 0 Å². The Kier molecular flexibility index (Phi) is 10.7. The Morgan fingerprint density at radius 2 is 1.77 bits per heavy atom. The van der Waals surface area contributed by atoms with Crippen molar-refractivity contribution in [3.8, 4) is 11.8 Å². The van der Waals surface area contributed by atoms with Crippen LogP contribution in [-0.4, -0.2) is 0 Å². The summed E-state index contributed by atoms with van der Waals surface area (Å²) in [5.41, 5.74) is 0. The summed E-state index contributed by atoms with van der Waals surface area (Å²) >= 11 is 0. The number of hydrogen-bond donors (Lipinski definition) is 0. The molecule has 0 aromatic heterocycles. The van der Waals surface area contributed by atoms with Crippen LogP contribution in [0.4, 0.5) is 0 Å². The molecule has 0 nitrogen and oxygen atoms in total. The summed E-state index contributed by atoms with van der Waals surface area (Å²) in [7, 11) is 0. The van der Waals surface area contributed by atoms with Crippen molar-refractivity contribution in [1.82, 2.24) is 0 Å². The number of allylic oxidation sites excluding steroid dienone is 2. The molecular formula is C13H22. The molecule has 0 aliphatic carbocycles. The lowest BCUT2D eigenvalue weighted by Gasteiger charge is -1.87. The van der Waals surface area contributed by atoms with E-state index in [1.807, 2.05) is 6.08 Å². The highest BCUT2D eigenvalue weighted by atomic mass is 13.8. The predicted octanol–water partition coefficient (Wildman–Crippen LogP) is 4.32. The molecule has 13 heavy (non-hydrogen) atoms. The molecule has 0 aliphatic heterocycles. The third-order valence-electron chi connectivity index (χ3n) is 1.93. The molecule has 0 amide bonds. The first kappa shape index (κ1) is 12.3. The lowest BCUT2D eigenvalue weighted by Crippen LogP contribution is -1.70. The minimum atomic E-state index is 1.06. The van der Waals surface area contributed by atoms with Gasteiger partial charge in [-0.2, -0.15) is 0 Å². The van der Waals surface area contributed by atoms with Gasteiger partial charge in [0.05, 0.1) is 0 Å². The van der Waals surface area contributed by atoms with E-state index in [1.54, 1.807) is 0 Å². The average molecular weight is 178 g/mol. The highest BCUT2D eigenvalue weighted by Gasteiger charge is 1.79. The van der Waals surface area contributed by atoms with Gasteiger partial charge in [-0.05, 0) is 18.9 Å². The van der Waals surface area contributed by atoms with Gasteiger partial charge >= 0.3 is 0 Å². The Morgan fingerprint density at radius 3 is 2.46 bits per heavy atom. The van der Waals surface area contributed by atoms with E-state index in [9.17, 15) is 0 Å². The van der Waals surface area contributed by atoms with E-state index >= 15 is 0 Å². The maximum absolute atomic E-state index is 3.16. The first-order valence-corrected chi connectivity index (χ1v) is 5.55. The van der Waals surface area contributed by atoms with E-state index in [0.29, 0.717) is 0 Å². The lowest BCUT2D eigenvalue weighted by atomic mass is 10.2. The van der Waals surface area contributed by atoms with Crippen LogP contribution in [0.25, 0.3) is 0 Å². The molecule has 0 atom stereocenters. The summed E-state index contributed by atoms with van der Waals surface area (Å²) in [5, 5.41) is 0. The molecular weight excluding hydrogens is 156 g/mol. The van der Waals surface area contributed by atoms with Crippen LogP contribution in [0.15, 0.2) is 12.2 Å². The Labute approximate surface area is 83.4 Å². The van der Waals surface area contributed by atoms with Crippen molar-refractivity contribution >= 4 is 0 Å². The summed E-state index contributed by atoms with van der Waals surface area (Å²) < 4.78 is 0. The largest absolute Gasteiger partial charge is 0.0985 e. The summed E-state index contributed by atoms with van der Waals surface area (Å²) in [6.07, 6.45) is 12.8.